The summed E-state index contributed by atoms with van der Waals surface area (Å²) in [4.78, 5) is 0. The van der Waals surface area contributed by atoms with Gasteiger partial charge in [-0.3, -0.25) is 0 Å². The van der Waals surface area contributed by atoms with Gasteiger partial charge >= 0.3 is 0 Å². The van der Waals surface area contributed by atoms with Gasteiger partial charge in [-0.2, -0.15) is 0 Å². The largest absolute Gasteiger partial charge is 0.496 e. The Morgan fingerprint density at radius 3 is 1.82 bits per heavy atom. The molecule has 0 saturated carbocycles. The summed E-state index contributed by atoms with van der Waals surface area (Å²) in [5.74, 6) is 0.968. The van der Waals surface area contributed by atoms with Crippen LogP contribution >= 0.6 is 0 Å². The molecule has 134 valence electrons. The Labute approximate surface area is 165 Å². The summed E-state index contributed by atoms with van der Waals surface area (Å²) in [6.45, 7) is 0. The Hall–Kier alpha value is -3.32. The second kappa shape index (κ2) is 5.84. The Bertz CT molecular complexity index is 1250. The lowest BCUT2D eigenvalue weighted by Gasteiger charge is -2.17. The van der Waals surface area contributed by atoms with E-state index >= 15 is 0 Å². The van der Waals surface area contributed by atoms with Crippen LogP contribution in [0.25, 0.3) is 33.4 Å². The summed E-state index contributed by atoms with van der Waals surface area (Å²) in [6, 6.07) is 28.6. The summed E-state index contributed by atoms with van der Waals surface area (Å²) in [7, 11) is 1.78. The van der Waals surface area contributed by atoms with E-state index in [9.17, 15) is 0 Å². The number of hydrogen-bond acceptors (Lipinski definition) is 1. The van der Waals surface area contributed by atoms with Gasteiger partial charge in [-0.15, -0.1) is 0 Å². The minimum atomic E-state index is 0.967. The smallest absolute Gasteiger partial charge is 0.127 e. The van der Waals surface area contributed by atoms with Crippen LogP contribution in [0.4, 0.5) is 0 Å². The molecule has 1 nitrogen and oxygen atoms in total. The summed E-state index contributed by atoms with van der Waals surface area (Å²) >= 11 is 0. The molecule has 0 aromatic heterocycles. The van der Waals surface area contributed by atoms with E-state index in [2.05, 4.69) is 78.9 Å². The van der Waals surface area contributed by atoms with Crippen LogP contribution in [0.5, 0.6) is 5.75 Å². The zero-order valence-corrected chi connectivity index (χ0v) is 15.8. The number of hydrogen-bond donors (Lipinski definition) is 0. The third-order valence-electron chi connectivity index (χ3n) is 6.29. The Kier molecular flexibility index (Phi) is 3.28. The average molecular weight is 360 g/mol. The Morgan fingerprint density at radius 2 is 1.11 bits per heavy atom. The standard InChI is InChI=1S/C27H20O/c1-28-26-14-13-22-20-10-5-3-8-18(20)16-25(22)27(26)23-12-6-11-21-19-9-4-2-7-17(19)15-24(21)23/h2-14H,15-16H2,1H3. The van der Waals surface area contributed by atoms with Crippen molar-refractivity contribution in [2.45, 2.75) is 12.8 Å². The molecule has 28 heavy (non-hydrogen) atoms. The number of benzene rings is 4. The maximum Gasteiger partial charge on any atom is 0.127 e. The monoisotopic (exact) mass is 360 g/mol. The highest BCUT2D eigenvalue weighted by Gasteiger charge is 2.28. The van der Waals surface area contributed by atoms with Crippen LogP contribution in [-0.2, 0) is 12.8 Å². The van der Waals surface area contributed by atoms with Gasteiger partial charge in [0, 0.05) is 5.56 Å². The van der Waals surface area contributed by atoms with E-state index in [1.54, 1.807) is 7.11 Å². The van der Waals surface area contributed by atoms with E-state index in [1.165, 1.54) is 55.6 Å². The van der Waals surface area contributed by atoms with E-state index in [1.807, 2.05) is 0 Å². The van der Waals surface area contributed by atoms with Gasteiger partial charge in [0.25, 0.3) is 0 Å². The number of fused-ring (bicyclic) bond motifs is 6. The molecule has 0 spiro atoms. The molecule has 0 N–H and O–H groups in total. The van der Waals surface area contributed by atoms with E-state index in [0.717, 1.165) is 18.6 Å². The van der Waals surface area contributed by atoms with Crippen molar-refractivity contribution in [1.82, 2.24) is 0 Å². The Morgan fingerprint density at radius 1 is 0.536 bits per heavy atom. The minimum Gasteiger partial charge on any atom is -0.496 e. The normalized spacial score (nSPS) is 12.9. The molecular formula is C27H20O. The van der Waals surface area contributed by atoms with Crippen LogP contribution in [0.2, 0.25) is 0 Å². The maximum absolute atomic E-state index is 5.86. The molecule has 0 aliphatic heterocycles. The van der Waals surface area contributed by atoms with Crippen LogP contribution < -0.4 is 4.74 Å². The van der Waals surface area contributed by atoms with Crippen LogP contribution in [0, 0.1) is 0 Å². The van der Waals surface area contributed by atoms with Gasteiger partial charge in [-0.1, -0.05) is 72.8 Å². The first kappa shape index (κ1) is 15.7. The zero-order valence-electron chi connectivity index (χ0n) is 15.8. The lowest BCUT2D eigenvalue weighted by Crippen LogP contribution is -1.97. The molecule has 4 aromatic carbocycles. The third-order valence-corrected chi connectivity index (χ3v) is 6.29. The zero-order chi connectivity index (χ0) is 18.7. The van der Waals surface area contributed by atoms with Crippen LogP contribution in [0.1, 0.15) is 22.3 Å². The fraction of sp³-hybridized carbons (Fsp3) is 0.111. The topological polar surface area (TPSA) is 9.23 Å². The molecule has 0 radical (unpaired) electrons. The number of ether oxygens (including phenoxy) is 1. The quantitative estimate of drug-likeness (QED) is 0.342. The molecule has 0 amide bonds. The molecule has 0 heterocycles. The van der Waals surface area contributed by atoms with Gasteiger partial charge in [-0.25, -0.2) is 0 Å². The molecule has 0 fully saturated rings. The molecule has 0 saturated heterocycles. The molecular weight excluding hydrogens is 340 g/mol. The van der Waals surface area contributed by atoms with Crippen molar-refractivity contribution in [1.29, 1.82) is 0 Å². The van der Waals surface area contributed by atoms with Gasteiger partial charge in [0.1, 0.15) is 5.75 Å². The van der Waals surface area contributed by atoms with Crippen molar-refractivity contribution in [3.8, 4) is 39.1 Å². The molecule has 4 aromatic rings. The van der Waals surface area contributed by atoms with E-state index in [0.29, 0.717) is 0 Å². The van der Waals surface area contributed by atoms with Crippen LogP contribution in [-0.4, -0.2) is 7.11 Å². The van der Waals surface area contributed by atoms with E-state index in [-0.39, 0.29) is 0 Å². The highest BCUT2D eigenvalue weighted by molar-refractivity contribution is 5.92. The molecule has 0 atom stereocenters. The third kappa shape index (κ3) is 2.07. The van der Waals surface area contributed by atoms with Crippen molar-refractivity contribution in [2.24, 2.45) is 0 Å². The highest BCUT2D eigenvalue weighted by atomic mass is 16.5. The fourth-order valence-electron chi connectivity index (χ4n) is 5.05. The predicted molar refractivity (Wildman–Crippen MR) is 115 cm³/mol. The fourth-order valence-corrected chi connectivity index (χ4v) is 5.05. The first-order valence-corrected chi connectivity index (χ1v) is 9.84. The predicted octanol–water partition coefficient (Wildman–Crippen LogP) is 6.50. The second-order valence-corrected chi connectivity index (χ2v) is 7.67. The number of rotatable bonds is 2. The van der Waals surface area contributed by atoms with Crippen molar-refractivity contribution in [3.05, 3.63) is 101 Å². The van der Waals surface area contributed by atoms with Crippen molar-refractivity contribution in [2.75, 3.05) is 7.11 Å². The van der Waals surface area contributed by atoms with Crippen LogP contribution in [0.3, 0.4) is 0 Å². The molecule has 0 unspecified atom stereocenters. The first-order valence-electron chi connectivity index (χ1n) is 9.84. The summed E-state index contributed by atoms with van der Waals surface area (Å²) in [6.07, 6.45) is 1.95. The lowest BCUT2D eigenvalue weighted by molar-refractivity contribution is 0.416. The Balaban J connectivity index is 1.62. The highest BCUT2D eigenvalue weighted by Crippen LogP contribution is 2.49. The number of methoxy groups -OCH3 is 1. The lowest BCUT2D eigenvalue weighted by atomic mass is 9.89. The van der Waals surface area contributed by atoms with Crippen molar-refractivity contribution in [3.63, 3.8) is 0 Å². The minimum absolute atomic E-state index is 0.967. The van der Waals surface area contributed by atoms with Gasteiger partial charge in [0.15, 0.2) is 0 Å². The summed E-state index contributed by atoms with van der Waals surface area (Å²) in [5, 5.41) is 0. The summed E-state index contributed by atoms with van der Waals surface area (Å²) in [5.41, 5.74) is 13.7. The second-order valence-electron chi connectivity index (χ2n) is 7.67. The van der Waals surface area contributed by atoms with E-state index < -0.39 is 0 Å². The SMILES string of the molecule is COc1ccc2c(c1-c1cccc3c1Cc1ccccc1-3)Cc1ccccc1-2. The molecule has 1 heteroatoms. The first-order chi connectivity index (χ1) is 13.8. The van der Waals surface area contributed by atoms with Crippen LogP contribution in [0.15, 0.2) is 78.9 Å². The van der Waals surface area contributed by atoms with Gasteiger partial charge in [0.05, 0.1) is 7.11 Å². The molecule has 6 rings (SSSR count). The van der Waals surface area contributed by atoms with Crippen molar-refractivity contribution >= 4 is 0 Å². The molecule has 0 bridgehead atoms. The van der Waals surface area contributed by atoms with E-state index in [4.69, 9.17) is 4.74 Å². The maximum atomic E-state index is 5.86. The molecule has 2 aliphatic carbocycles. The van der Waals surface area contributed by atoms with Gasteiger partial charge in [-0.05, 0) is 69.0 Å². The molecule has 2 aliphatic rings. The van der Waals surface area contributed by atoms with Gasteiger partial charge in [0.2, 0.25) is 0 Å². The van der Waals surface area contributed by atoms with Crippen molar-refractivity contribution < 1.29 is 4.74 Å². The summed E-state index contributed by atoms with van der Waals surface area (Å²) < 4.78 is 5.86. The van der Waals surface area contributed by atoms with Gasteiger partial charge < -0.3 is 4.74 Å². The average Bonchev–Trinajstić information content (AvgIpc) is 3.31.